The van der Waals surface area contributed by atoms with E-state index in [0.29, 0.717) is 6.54 Å². The highest BCUT2D eigenvalue weighted by atomic mass is 35.5. The van der Waals surface area contributed by atoms with Crippen molar-refractivity contribution in [3.63, 3.8) is 0 Å². The van der Waals surface area contributed by atoms with Crippen LogP contribution in [0.15, 0.2) is 36.5 Å². The minimum Gasteiger partial charge on any atom is -0.291 e. The van der Waals surface area contributed by atoms with Gasteiger partial charge in [0.1, 0.15) is 0 Å². The van der Waals surface area contributed by atoms with Crippen molar-refractivity contribution in [3.05, 3.63) is 52.8 Å². The maximum atomic E-state index is 11.7. The van der Waals surface area contributed by atoms with Gasteiger partial charge in [-0.25, -0.2) is 13.1 Å². The minimum atomic E-state index is -3.21. The maximum Gasteiger partial charge on any atom is 0.211 e. The van der Waals surface area contributed by atoms with Gasteiger partial charge in [0, 0.05) is 37.4 Å². The molecule has 1 aromatic carbocycles. The zero-order valence-electron chi connectivity index (χ0n) is 13.5. The van der Waals surface area contributed by atoms with Crippen LogP contribution in [-0.4, -0.2) is 41.9 Å². The smallest absolute Gasteiger partial charge is 0.211 e. The molecule has 0 aliphatic carbocycles. The summed E-state index contributed by atoms with van der Waals surface area (Å²) >= 11 is 6.06. The van der Waals surface area contributed by atoms with E-state index < -0.39 is 10.0 Å². The molecule has 2 aromatic rings. The number of aromatic nitrogens is 2. The Morgan fingerprint density at radius 3 is 2.96 bits per heavy atom. The Hall–Kier alpha value is -1.41. The highest BCUT2D eigenvalue weighted by Gasteiger charge is 2.26. The monoisotopic (exact) mass is 368 g/mol. The van der Waals surface area contributed by atoms with Crippen molar-refractivity contribution in [2.75, 3.05) is 18.8 Å². The first kappa shape index (κ1) is 17.4. The Balaban J connectivity index is 1.73. The normalized spacial score (nSPS) is 18.5. The lowest BCUT2D eigenvalue weighted by Gasteiger charge is -2.34. The number of fused-ring (bicyclic) bond motifs is 1. The number of benzene rings is 1. The number of hydrogen-bond acceptors (Lipinski definition) is 4. The summed E-state index contributed by atoms with van der Waals surface area (Å²) in [4.78, 5) is 2.29. The van der Waals surface area contributed by atoms with Gasteiger partial charge in [-0.1, -0.05) is 23.7 Å². The molecule has 2 heterocycles. The molecule has 0 fully saturated rings. The van der Waals surface area contributed by atoms with E-state index in [2.05, 4.69) is 14.7 Å². The Labute approximate surface area is 147 Å². The number of hydrogen-bond donors (Lipinski definition) is 1. The summed E-state index contributed by atoms with van der Waals surface area (Å²) in [6.45, 7) is 4.25. The first-order valence-corrected chi connectivity index (χ1v) is 9.96. The number of nitrogens with one attached hydrogen (secondary N) is 1. The van der Waals surface area contributed by atoms with E-state index >= 15 is 0 Å². The lowest BCUT2D eigenvalue weighted by atomic mass is 10.1. The van der Waals surface area contributed by atoms with Crippen molar-refractivity contribution < 1.29 is 8.42 Å². The van der Waals surface area contributed by atoms with Crippen LogP contribution >= 0.6 is 11.6 Å². The van der Waals surface area contributed by atoms with Crippen LogP contribution in [0.5, 0.6) is 0 Å². The molecule has 6 nitrogen and oxygen atoms in total. The standard InChI is InChI=1S/C16H21ClN4O2S/c1-2-24(22,23)19-9-16-12-20(11-15-6-7-18-21(15)16)10-13-4-3-5-14(17)8-13/h3-8,16,19H,2,9-12H2,1H3/t16-/m1/s1. The second-order valence-corrected chi connectivity index (χ2v) is 8.50. The average molecular weight is 369 g/mol. The molecule has 1 N–H and O–H groups in total. The molecule has 0 saturated carbocycles. The van der Waals surface area contributed by atoms with Gasteiger partial charge in [0.2, 0.25) is 10.0 Å². The fourth-order valence-electron chi connectivity index (χ4n) is 2.95. The van der Waals surface area contributed by atoms with E-state index in [9.17, 15) is 8.42 Å². The molecule has 24 heavy (non-hydrogen) atoms. The van der Waals surface area contributed by atoms with Crippen molar-refractivity contribution in [1.82, 2.24) is 19.4 Å². The summed E-state index contributed by atoms with van der Waals surface area (Å²) in [7, 11) is -3.21. The number of nitrogens with zero attached hydrogens (tertiary/aromatic N) is 3. The van der Waals surface area contributed by atoms with Crippen LogP contribution in [0.2, 0.25) is 5.02 Å². The van der Waals surface area contributed by atoms with Crippen LogP contribution in [0.4, 0.5) is 0 Å². The van der Waals surface area contributed by atoms with Crippen LogP contribution in [0.25, 0.3) is 0 Å². The van der Waals surface area contributed by atoms with Gasteiger partial charge < -0.3 is 0 Å². The molecule has 1 aliphatic rings. The molecule has 0 bridgehead atoms. The highest BCUT2D eigenvalue weighted by molar-refractivity contribution is 7.89. The molecule has 0 spiro atoms. The van der Waals surface area contributed by atoms with Crippen LogP contribution in [0.3, 0.4) is 0 Å². The first-order valence-electron chi connectivity index (χ1n) is 7.93. The van der Waals surface area contributed by atoms with Gasteiger partial charge >= 0.3 is 0 Å². The van der Waals surface area contributed by atoms with E-state index in [1.165, 1.54) is 0 Å². The Bertz CT molecular complexity index is 806. The average Bonchev–Trinajstić information content (AvgIpc) is 3.01. The maximum absolute atomic E-state index is 11.7. The lowest BCUT2D eigenvalue weighted by Crippen LogP contribution is -2.42. The summed E-state index contributed by atoms with van der Waals surface area (Å²) in [5.74, 6) is 0.0813. The van der Waals surface area contributed by atoms with Crippen molar-refractivity contribution in [1.29, 1.82) is 0 Å². The lowest BCUT2D eigenvalue weighted by molar-refractivity contribution is 0.168. The van der Waals surface area contributed by atoms with Gasteiger partial charge in [-0.15, -0.1) is 0 Å². The van der Waals surface area contributed by atoms with Crippen molar-refractivity contribution >= 4 is 21.6 Å². The van der Waals surface area contributed by atoms with Crippen LogP contribution in [0, 0.1) is 0 Å². The molecule has 8 heteroatoms. The SMILES string of the molecule is CCS(=O)(=O)NC[C@@H]1CN(Cc2cccc(Cl)c2)Cc2ccnn21. The predicted octanol–water partition coefficient (Wildman–Crippen LogP) is 2.03. The molecule has 1 atom stereocenters. The summed E-state index contributed by atoms with van der Waals surface area (Å²) in [5, 5.41) is 5.08. The fourth-order valence-corrected chi connectivity index (χ4v) is 3.82. The van der Waals surface area contributed by atoms with E-state index in [4.69, 9.17) is 11.6 Å². The zero-order chi connectivity index (χ0) is 17.2. The molecular formula is C16H21ClN4O2S. The Morgan fingerprint density at radius 2 is 2.21 bits per heavy atom. The minimum absolute atomic E-state index is 0.0238. The fraction of sp³-hybridized carbons (Fsp3) is 0.438. The second-order valence-electron chi connectivity index (χ2n) is 5.97. The van der Waals surface area contributed by atoms with E-state index in [1.54, 1.807) is 13.1 Å². The highest BCUT2D eigenvalue weighted by Crippen LogP contribution is 2.22. The van der Waals surface area contributed by atoms with Crippen molar-refractivity contribution in [2.24, 2.45) is 0 Å². The molecule has 3 rings (SSSR count). The number of halogens is 1. The zero-order valence-corrected chi connectivity index (χ0v) is 15.1. The third-order valence-electron chi connectivity index (χ3n) is 4.17. The summed E-state index contributed by atoms with van der Waals surface area (Å²) in [5.41, 5.74) is 2.23. The molecule has 1 aliphatic heterocycles. The summed E-state index contributed by atoms with van der Waals surface area (Å²) < 4.78 is 28.1. The quantitative estimate of drug-likeness (QED) is 0.847. The third kappa shape index (κ3) is 4.16. The van der Waals surface area contributed by atoms with Crippen LogP contribution < -0.4 is 4.72 Å². The van der Waals surface area contributed by atoms with Gasteiger partial charge in [-0.3, -0.25) is 9.58 Å². The van der Waals surface area contributed by atoms with Gasteiger partial charge in [0.05, 0.1) is 17.5 Å². The van der Waals surface area contributed by atoms with Crippen LogP contribution in [-0.2, 0) is 23.1 Å². The van der Waals surface area contributed by atoms with E-state index in [1.807, 2.05) is 35.0 Å². The second kappa shape index (κ2) is 7.23. The summed E-state index contributed by atoms with van der Waals surface area (Å²) in [6, 6.07) is 9.77. The predicted molar refractivity (Wildman–Crippen MR) is 94.3 cm³/mol. The van der Waals surface area contributed by atoms with Crippen molar-refractivity contribution in [3.8, 4) is 0 Å². The molecule has 0 amide bonds. The number of rotatable bonds is 6. The van der Waals surface area contributed by atoms with Crippen molar-refractivity contribution in [2.45, 2.75) is 26.1 Å². The Kier molecular flexibility index (Phi) is 5.24. The van der Waals surface area contributed by atoms with E-state index in [0.717, 1.165) is 35.9 Å². The van der Waals surface area contributed by atoms with Crippen LogP contribution in [0.1, 0.15) is 24.2 Å². The summed E-state index contributed by atoms with van der Waals surface area (Å²) in [6.07, 6.45) is 1.76. The molecule has 0 saturated heterocycles. The molecule has 130 valence electrons. The van der Waals surface area contributed by atoms with Gasteiger partial charge in [-0.2, -0.15) is 5.10 Å². The largest absolute Gasteiger partial charge is 0.291 e. The molecule has 1 aromatic heterocycles. The van der Waals surface area contributed by atoms with E-state index in [-0.39, 0.29) is 11.8 Å². The topological polar surface area (TPSA) is 67.2 Å². The molecule has 0 unspecified atom stereocenters. The van der Waals surface area contributed by atoms with Gasteiger partial charge in [-0.05, 0) is 30.7 Å². The van der Waals surface area contributed by atoms with Gasteiger partial charge in [0.25, 0.3) is 0 Å². The molecular weight excluding hydrogens is 348 g/mol. The Morgan fingerprint density at radius 1 is 1.38 bits per heavy atom. The molecule has 0 radical (unpaired) electrons. The third-order valence-corrected chi connectivity index (χ3v) is 5.77. The number of sulfonamides is 1. The van der Waals surface area contributed by atoms with Gasteiger partial charge in [0.15, 0.2) is 0 Å². The first-order chi connectivity index (χ1) is 11.5.